The molecule has 2 heterocycles. The summed E-state index contributed by atoms with van der Waals surface area (Å²) >= 11 is 1.25. The van der Waals surface area contributed by atoms with E-state index in [1.54, 1.807) is 4.90 Å². The average molecular weight is 348 g/mol. The molecule has 1 aliphatic heterocycles. The number of thioether (sulfide) groups is 1. The number of nitrogens with zero attached hydrogens (tertiary/aromatic N) is 1. The third kappa shape index (κ3) is 3.51. The molecule has 1 saturated heterocycles. The molecule has 0 spiro atoms. The molecule has 128 valence electrons. The van der Waals surface area contributed by atoms with Crippen molar-refractivity contribution in [2.24, 2.45) is 0 Å². The predicted molar refractivity (Wildman–Crippen MR) is 93.4 cm³/mol. The normalized spacial score (nSPS) is 15.8. The summed E-state index contributed by atoms with van der Waals surface area (Å²) in [4.78, 5) is 25.2. The number of carbonyl (C=O) groups is 2. The van der Waals surface area contributed by atoms with Crippen molar-refractivity contribution in [2.75, 3.05) is 25.4 Å². The van der Waals surface area contributed by atoms with Gasteiger partial charge in [0, 0.05) is 17.7 Å². The Hall–Kier alpha value is -2.15. The summed E-state index contributed by atoms with van der Waals surface area (Å²) in [6.45, 7) is 5.04. The molecule has 0 bridgehead atoms. The lowest BCUT2D eigenvalue weighted by Crippen LogP contribution is -2.38. The zero-order valence-corrected chi connectivity index (χ0v) is 14.5. The summed E-state index contributed by atoms with van der Waals surface area (Å²) in [6, 6.07) is 7.33. The molecule has 0 radical (unpaired) electrons. The van der Waals surface area contributed by atoms with Gasteiger partial charge in [-0.15, -0.1) is 0 Å². The van der Waals surface area contributed by atoms with E-state index >= 15 is 0 Å². The molecular formula is C17H20N2O4S. The van der Waals surface area contributed by atoms with Gasteiger partial charge in [-0.2, -0.15) is 0 Å². The van der Waals surface area contributed by atoms with E-state index in [0.717, 1.165) is 11.1 Å². The topological polar surface area (TPSA) is 71.8 Å². The van der Waals surface area contributed by atoms with Crippen LogP contribution in [0.5, 0.6) is 5.75 Å². The summed E-state index contributed by atoms with van der Waals surface area (Å²) in [5.41, 5.74) is 0.682. The molecule has 24 heavy (non-hydrogen) atoms. The summed E-state index contributed by atoms with van der Waals surface area (Å²) in [7, 11) is 0. The molecule has 1 aromatic heterocycles. The molecule has 1 aliphatic rings. The van der Waals surface area contributed by atoms with Gasteiger partial charge >= 0.3 is 0 Å². The number of furan rings is 1. The van der Waals surface area contributed by atoms with E-state index in [1.807, 2.05) is 38.1 Å². The van der Waals surface area contributed by atoms with Gasteiger partial charge in [-0.05, 0) is 26.0 Å². The molecule has 1 aromatic carbocycles. The van der Waals surface area contributed by atoms with Crippen molar-refractivity contribution in [3.8, 4) is 5.75 Å². The van der Waals surface area contributed by atoms with Crippen LogP contribution in [0.15, 0.2) is 28.7 Å². The fourth-order valence-electron chi connectivity index (χ4n) is 2.64. The SMILES string of the molecule is CCOc1cccc2cc([C@@H](C)NC(=O)CN3CCSC3=O)oc12. The quantitative estimate of drug-likeness (QED) is 0.868. The number of hydrogen-bond acceptors (Lipinski definition) is 5. The second-order valence-corrected chi connectivity index (χ2v) is 6.63. The first-order valence-electron chi connectivity index (χ1n) is 7.94. The number of ether oxygens (including phenoxy) is 1. The maximum absolute atomic E-state index is 12.1. The van der Waals surface area contributed by atoms with E-state index in [-0.39, 0.29) is 23.7 Å². The smallest absolute Gasteiger partial charge is 0.282 e. The van der Waals surface area contributed by atoms with E-state index < -0.39 is 0 Å². The molecular weight excluding hydrogens is 328 g/mol. The molecule has 3 rings (SSSR count). The van der Waals surface area contributed by atoms with Gasteiger partial charge in [0.1, 0.15) is 12.3 Å². The van der Waals surface area contributed by atoms with Crippen molar-refractivity contribution in [3.63, 3.8) is 0 Å². The highest BCUT2D eigenvalue weighted by Crippen LogP contribution is 2.31. The van der Waals surface area contributed by atoms with Gasteiger partial charge in [-0.3, -0.25) is 9.59 Å². The molecule has 7 heteroatoms. The Morgan fingerprint density at radius 1 is 1.50 bits per heavy atom. The highest BCUT2D eigenvalue weighted by atomic mass is 32.2. The van der Waals surface area contributed by atoms with Gasteiger partial charge in [0.05, 0.1) is 12.6 Å². The predicted octanol–water partition coefficient (Wildman–Crippen LogP) is 3.18. The van der Waals surface area contributed by atoms with Crippen LogP contribution in [0.3, 0.4) is 0 Å². The maximum Gasteiger partial charge on any atom is 0.282 e. The zero-order valence-electron chi connectivity index (χ0n) is 13.7. The Kier molecular flexibility index (Phi) is 4.99. The van der Waals surface area contributed by atoms with Crippen LogP contribution in [0, 0.1) is 0 Å². The number of amides is 2. The number of nitrogens with one attached hydrogen (secondary N) is 1. The van der Waals surface area contributed by atoms with Crippen LogP contribution in [-0.2, 0) is 4.79 Å². The van der Waals surface area contributed by atoms with Gasteiger partial charge in [0.2, 0.25) is 5.91 Å². The molecule has 1 N–H and O–H groups in total. The first-order valence-corrected chi connectivity index (χ1v) is 8.93. The van der Waals surface area contributed by atoms with Crippen molar-refractivity contribution >= 4 is 33.9 Å². The molecule has 0 saturated carbocycles. The van der Waals surface area contributed by atoms with Gasteiger partial charge in [0.15, 0.2) is 11.3 Å². The van der Waals surface area contributed by atoms with Crippen molar-refractivity contribution in [1.29, 1.82) is 0 Å². The number of carbonyl (C=O) groups excluding carboxylic acids is 2. The van der Waals surface area contributed by atoms with Crippen molar-refractivity contribution in [3.05, 3.63) is 30.0 Å². The summed E-state index contributed by atoms with van der Waals surface area (Å²) in [5.74, 6) is 1.90. The van der Waals surface area contributed by atoms with Gasteiger partial charge in [-0.1, -0.05) is 23.9 Å². The molecule has 2 amide bonds. The summed E-state index contributed by atoms with van der Waals surface area (Å²) < 4.78 is 11.4. The number of hydrogen-bond donors (Lipinski definition) is 1. The number of fused-ring (bicyclic) bond motifs is 1. The van der Waals surface area contributed by atoms with E-state index in [4.69, 9.17) is 9.15 Å². The van der Waals surface area contributed by atoms with Gasteiger partial charge < -0.3 is 19.4 Å². The largest absolute Gasteiger partial charge is 0.490 e. The third-order valence-corrected chi connectivity index (χ3v) is 4.70. The Morgan fingerprint density at radius 3 is 3.04 bits per heavy atom. The molecule has 0 unspecified atom stereocenters. The lowest BCUT2D eigenvalue weighted by atomic mass is 10.2. The monoisotopic (exact) mass is 348 g/mol. The summed E-state index contributed by atoms with van der Waals surface area (Å²) in [5, 5.41) is 3.77. The minimum absolute atomic E-state index is 0.0390. The first kappa shape index (κ1) is 16.7. The van der Waals surface area contributed by atoms with Gasteiger partial charge in [-0.25, -0.2) is 0 Å². The number of rotatable bonds is 6. The Labute approximate surface area is 144 Å². The molecule has 2 aromatic rings. The van der Waals surface area contributed by atoms with Crippen LogP contribution < -0.4 is 10.1 Å². The molecule has 0 aliphatic carbocycles. The zero-order chi connectivity index (χ0) is 17.1. The minimum Gasteiger partial charge on any atom is -0.490 e. The lowest BCUT2D eigenvalue weighted by Gasteiger charge is -2.16. The highest BCUT2D eigenvalue weighted by molar-refractivity contribution is 8.13. The van der Waals surface area contributed by atoms with Crippen molar-refractivity contribution in [1.82, 2.24) is 10.2 Å². The Bertz CT molecular complexity index is 758. The fraction of sp³-hybridized carbons (Fsp3) is 0.412. The minimum atomic E-state index is -0.287. The fourth-order valence-corrected chi connectivity index (χ4v) is 3.46. The van der Waals surface area contributed by atoms with Crippen molar-refractivity contribution < 1.29 is 18.7 Å². The van der Waals surface area contributed by atoms with E-state index in [1.165, 1.54) is 11.8 Å². The van der Waals surface area contributed by atoms with E-state index in [2.05, 4.69) is 5.32 Å². The highest BCUT2D eigenvalue weighted by Gasteiger charge is 2.24. The summed E-state index contributed by atoms with van der Waals surface area (Å²) in [6.07, 6.45) is 0. The molecule has 1 atom stereocenters. The van der Waals surface area contributed by atoms with Crippen LogP contribution in [0.2, 0.25) is 0 Å². The Morgan fingerprint density at radius 2 is 2.33 bits per heavy atom. The number of para-hydroxylation sites is 1. The van der Waals surface area contributed by atoms with Crippen LogP contribution >= 0.6 is 11.8 Å². The average Bonchev–Trinajstić information content (AvgIpc) is 3.15. The lowest BCUT2D eigenvalue weighted by molar-refractivity contribution is -0.122. The van der Waals surface area contributed by atoms with Crippen LogP contribution in [0.1, 0.15) is 25.6 Å². The maximum atomic E-state index is 12.1. The Balaban J connectivity index is 1.69. The standard InChI is InChI=1S/C17H20N2O4S/c1-3-22-13-6-4-5-12-9-14(23-16(12)13)11(2)18-15(20)10-19-7-8-24-17(19)21/h4-6,9,11H,3,7-8,10H2,1-2H3,(H,18,20)/t11-/m1/s1. The van der Waals surface area contributed by atoms with Crippen LogP contribution in [-0.4, -0.2) is 41.5 Å². The van der Waals surface area contributed by atoms with E-state index in [9.17, 15) is 9.59 Å². The second-order valence-electron chi connectivity index (χ2n) is 5.58. The van der Waals surface area contributed by atoms with Crippen LogP contribution in [0.25, 0.3) is 11.0 Å². The molecule has 1 fully saturated rings. The number of benzene rings is 1. The van der Waals surface area contributed by atoms with E-state index in [0.29, 0.717) is 30.2 Å². The van der Waals surface area contributed by atoms with Gasteiger partial charge in [0.25, 0.3) is 5.24 Å². The first-order chi connectivity index (χ1) is 11.6. The molecule has 6 nitrogen and oxygen atoms in total. The van der Waals surface area contributed by atoms with Crippen molar-refractivity contribution in [2.45, 2.75) is 19.9 Å². The second kappa shape index (κ2) is 7.17. The third-order valence-electron chi connectivity index (χ3n) is 3.81. The van der Waals surface area contributed by atoms with Crippen LogP contribution in [0.4, 0.5) is 4.79 Å².